The van der Waals surface area contributed by atoms with Gasteiger partial charge in [-0.1, -0.05) is 6.07 Å². The highest BCUT2D eigenvalue weighted by Crippen LogP contribution is 2.22. The number of rotatable bonds is 2. The zero-order valence-corrected chi connectivity index (χ0v) is 9.59. The normalized spacial score (nSPS) is 10.9. The largest absolute Gasteiger partial charge is 0.471 e. The number of halogens is 3. The minimum absolute atomic E-state index is 0.138. The van der Waals surface area contributed by atoms with Gasteiger partial charge in [-0.05, 0) is 24.6 Å². The molecule has 4 nitrogen and oxygen atoms in total. The zero-order chi connectivity index (χ0) is 13.9. The first-order chi connectivity index (χ1) is 8.25. The van der Waals surface area contributed by atoms with Crippen molar-refractivity contribution in [2.75, 3.05) is 12.4 Å². The maximum atomic E-state index is 12.1. The number of amides is 1. The molecule has 1 aromatic rings. The summed E-state index contributed by atoms with van der Waals surface area (Å²) in [6, 6.07) is 4.07. The summed E-state index contributed by atoms with van der Waals surface area (Å²) >= 11 is 0. The second-order valence-electron chi connectivity index (χ2n) is 3.49. The number of benzene rings is 1. The number of methoxy groups -OCH3 is 1. The summed E-state index contributed by atoms with van der Waals surface area (Å²) in [6.07, 6.45) is -5.02. The summed E-state index contributed by atoms with van der Waals surface area (Å²) < 4.78 is 40.8. The van der Waals surface area contributed by atoms with Crippen LogP contribution in [0.1, 0.15) is 15.9 Å². The van der Waals surface area contributed by atoms with Crippen LogP contribution in [0, 0.1) is 6.92 Å². The first-order valence-corrected chi connectivity index (χ1v) is 4.83. The molecule has 0 spiro atoms. The highest BCUT2D eigenvalue weighted by molar-refractivity contribution is 6.02. The minimum Gasteiger partial charge on any atom is -0.465 e. The second-order valence-corrected chi connectivity index (χ2v) is 3.49. The number of alkyl halides is 3. The summed E-state index contributed by atoms with van der Waals surface area (Å²) in [5.41, 5.74) is 0.227. The Morgan fingerprint density at radius 1 is 1.28 bits per heavy atom. The SMILES string of the molecule is COC(=O)c1ccc(C)cc1NC(=O)C(F)(F)F. The number of hydrogen-bond donors (Lipinski definition) is 1. The highest BCUT2D eigenvalue weighted by atomic mass is 19.4. The summed E-state index contributed by atoms with van der Waals surface area (Å²) in [6.45, 7) is 1.62. The molecule has 1 amide bonds. The van der Waals surface area contributed by atoms with Gasteiger partial charge in [0.25, 0.3) is 0 Å². The second kappa shape index (κ2) is 5.07. The van der Waals surface area contributed by atoms with Crippen molar-refractivity contribution in [3.8, 4) is 0 Å². The van der Waals surface area contributed by atoms with E-state index in [1.807, 2.05) is 0 Å². The Bertz CT molecular complexity index is 483. The van der Waals surface area contributed by atoms with Gasteiger partial charge in [-0.15, -0.1) is 0 Å². The smallest absolute Gasteiger partial charge is 0.465 e. The van der Waals surface area contributed by atoms with Crippen LogP contribution in [-0.4, -0.2) is 25.2 Å². The maximum Gasteiger partial charge on any atom is 0.471 e. The molecule has 1 aromatic carbocycles. The number of ether oxygens (including phenoxy) is 1. The summed E-state index contributed by atoms with van der Waals surface area (Å²) in [4.78, 5) is 22.1. The standard InChI is InChI=1S/C11H10F3NO3/c1-6-3-4-7(9(16)18-2)8(5-6)15-10(17)11(12,13)14/h3-5H,1-2H3,(H,15,17). The molecule has 0 atom stereocenters. The number of hydrogen-bond acceptors (Lipinski definition) is 3. The molecule has 1 N–H and O–H groups in total. The van der Waals surface area contributed by atoms with Gasteiger partial charge in [-0.3, -0.25) is 4.79 Å². The highest BCUT2D eigenvalue weighted by Gasteiger charge is 2.39. The zero-order valence-electron chi connectivity index (χ0n) is 9.59. The van der Waals surface area contributed by atoms with Crippen molar-refractivity contribution in [3.05, 3.63) is 29.3 Å². The Hall–Kier alpha value is -2.05. The predicted molar refractivity (Wildman–Crippen MR) is 57.2 cm³/mol. The number of aryl methyl sites for hydroxylation is 1. The molecule has 98 valence electrons. The fourth-order valence-corrected chi connectivity index (χ4v) is 1.24. The Morgan fingerprint density at radius 3 is 2.39 bits per heavy atom. The van der Waals surface area contributed by atoms with Crippen molar-refractivity contribution in [3.63, 3.8) is 0 Å². The molecule has 7 heteroatoms. The van der Waals surface area contributed by atoms with Crippen LogP contribution in [0.5, 0.6) is 0 Å². The van der Waals surface area contributed by atoms with Crippen LogP contribution in [0.4, 0.5) is 18.9 Å². The summed E-state index contributed by atoms with van der Waals surface area (Å²) in [5, 5.41) is 1.64. The van der Waals surface area contributed by atoms with Crippen LogP contribution in [0.2, 0.25) is 0 Å². The molecule has 0 unspecified atom stereocenters. The van der Waals surface area contributed by atoms with E-state index in [9.17, 15) is 22.8 Å². The third-order valence-corrected chi connectivity index (χ3v) is 2.09. The number of nitrogens with one attached hydrogen (secondary N) is 1. The van der Waals surface area contributed by atoms with Gasteiger partial charge in [0.15, 0.2) is 0 Å². The predicted octanol–water partition coefficient (Wildman–Crippen LogP) is 2.28. The van der Waals surface area contributed by atoms with Crippen LogP contribution < -0.4 is 5.32 Å². The summed E-state index contributed by atoms with van der Waals surface area (Å²) in [7, 11) is 1.09. The fourth-order valence-electron chi connectivity index (χ4n) is 1.24. The van der Waals surface area contributed by atoms with E-state index in [0.29, 0.717) is 5.56 Å². The van der Waals surface area contributed by atoms with Crippen molar-refractivity contribution in [2.24, 2.45) is 0 Å². The fraction of sp³-hybridized carbons (Fsp3) is 0.273. The van der Waals surface area contributed by atoms with Crippen LogP contribution in [0.25, 0.3) is 0 Å². The van der Waals surface area contributed by atoms with Gasteiger partial charge in [0, 0.05) is 0 Å². The first kappa shape index (κ1) is 14.0. The topological polar surface area (TPSA) is 55.4 Å². The van der Waals surface area contributed by atoms with E-state index in [-0.39, 0.29) is 11.3 Å². The van der Waals surface area contributed by atoms with E-state index in [4.69, 9.17) is 0 Å². The van der Waals surface area contributed by atoms with Crippen molar-refractivity contribution in [1.82, 2.24) is 0 Å². The van der Waals surface area contributed by atoms with E-state index in [0.717, 1.165) is 7.11 Å². The molecule has 18 heavy (non-hydrogen) atoms. The Kier molecular flexibility index (Phi) is 3.95. The van der Waals surface area contributed by atoms with Gasteiger partial charge in [-0.2, -0.15) is 13.2 Å². The molecule has 0 heterocycles. The third-order valence-electron chi connectivity index (χ3n) is 2.09. The molecule has 0 aromatic heterocycles. The van der Waals surface area contributed by atoms with Crippen LogP contribution in [0.15, 0.2) is 18.2 Å². The minimum atomic E-state index is -5.02. The van der Waals surface area contributed by atoms with Gasteiger partial charge in [0.1, 0.15) is 0 Å². The van der Waals surface area contributed by atoms with E-state index < -0.39 is 18.1 Å². The van der Waals surface area contributed by atoms with Crippen molar-refractivity contribution in [2.45, 2.75) is 13.1 Å². The van der Waals surface area contributed by atoms with E-state index in [2.05, 4.69) is 4.74 Å². The molecular formula is C11H10F3NO3. The average molecular weight is 261 g/mol. The van der Waals surface area contributed by atoms with Crippen molar-refractivity contribution >= 4 is 17.6 Å². The Morgan fingerprint density at radius 2 is 1.89 bits per heavy atom. The number of anilines is 1. The average Bonchev–Trinajstić information content (AvgIpc) is 2.27. The number of carbonyl (C=O) groups excluding carboxylic acids is 2. The lowest BCUT2D eigenvalue weighted by molar-refractivity contribution is -0.167. The lowest BCUT2D eigenvalue weighted by Gasteiger charge is -2.12. The number of carbonyl (C=O) groups is 2. The van der Waals surface area contributed by atoms with Gasteiger partial charge in [0.05, 0.1) is 18.4 Å². The molecule has 0 aliphatic carbocycles. The third kappa shape index (κ3) is 3.22. The molecule has 0 fully saturated rings. The van der Waals surface area contributed by atoms with Gasteiger partial charge in [-0.25, -0.2) is 4.79 Å². The molecule has 0 bridgehead atoms. The van der Waals surface area contributed by atoms with Crippen LogP contribution in [-0.2, 0) is 9.53 Å². The maximum absolute atomic E-state index is 12.1. The lowest BCUT2D eigenvalue weighted by Crippen LogP contribution is -2.30. The Labute approximate surface area is 101 Å². The molecular weight excluding hydrogens is 251 g/mol. The lowest BCUT2D eigenvalue weighted by atomic mass is 10.1. The Balaban J connectivity index is 3.11. The molecule has 0 saturated carbocycles. The van der Waals surface area contributed by atoms with Gasteiger partial charge < -0.3 is 10.1 Å². The van der Waals surface area contributed by atoms with Gasteiger partial charge in [0.2, 0.25) is 0 Å². The molecule has 1 rings (SSSR count). The van der Waals surface area contributed by atoms with Crippen molar-refractivity contribution in [1.29, 1.82) is 0 Å². The molecule has 0 radical (unpaired) electrons. The van der Waals surface area contributed by atoms with Gasteiger partial charge >= 0.3 is 18.1 Å². The summed E-state index contributed by atoms with van der Waals surface area (Å²) in [5.74, 6) is -2.97. The molecule has 0 aliphatic rings. The monoisotopic (exact) mass is 261 g/mol. The van der Waals surface area contributed by atoms with E-state index in [1.165, 1.54) is 18.2 Å². The van der Waals surface area contributed by atoms with E-state index in [1.54, 1.807) is 12.2 Å². The molecule has 0 aliphatic heterocycles. The van der Waals surface area contributed by atoms with E-state index >= 15 is 0 Å². The first-order valence-electron chi connectivity index (χ1n) is 4.83. The number of esters is 1. The van der Waals surface area contributed by atoms with Crippen LogP contribution >= 0.6 is 0 Å². The molecule has 0 saturated heterocycles. The van der Waals surface area contributed by atoms with Crippen molar-refractivity contribution < 1.29 is 27.5 Å². The quantitative estimate of drug-likeness (QED) is 0.831. The van der Waals surface area contributed by atoms with Crippen LogP contribution in [0.3, 0.4) is 0 Å².